The lowest BCUT2D eigenvalue weighted by Crippen LogP contribution is -2.25. The van der Waals surface area contributed by atoms with E-state index in [1.807, 2.05) is 18.2 Å². The van der Waals surface area contributed by atoms with Crippen LogP contribution in [0, 0.1) is 28.6 Å². The minimum Gasteiger partial charge on any atom is -0.344 e. The molecule has 1 unspecified atom stereocenters. The SMILES string of the molecule is N#CC(C#N)=CCCCC1C=CC2(C1)OCCO2. The Bertz CT molecular complexity index is 418. The van der Waals surface area contributed by atoms with Crippen LogP contribution in [0.2, 0.25) is 0 Å². The summed E-state index contributed by atoms with van der Waals surface area (Å²) in [7, 11) is 0. The molecule has 1 heterocycles. The van der Waals surface area contributed by atoms with E-state index in [2.05, 4.69) is 6.08 Å². The van der Waals surface area contributed by atoms with Gasteiger partial charge in [0.15, 0.2) is 5.79 Å². The molecule has 1 saturated heterocycles. The number of unbranched alkanes of at least 4 members (excludes halogenated alkanes) is 1. The fourth-order valence-electron chi connectivity index (χ4n) is 2.41. The van der Waals surface area contributed by atoms with Crippen LogP contribution < -0.4 is 0 Å². The van der Waals surface area contributed by atoms with E-state index in [4.69, 9.17) is 20.0 Å². The third-order valence-corrected chi connectivity index (χ3v) is 3.31. The van der Waals surface area contributed by atoms with Crippen molar-refractivity contribution in [2.45, 2.75) is 31.5 Å². The molecule has 0 N–H and O–H groups in total. The maximum atomic E-state index is 8.59. The van der Waals surface area contributed by atoms with Crippen LogP contribution in [-0.4, -0.2) is 19.0 Å². The van der Waals surface area contributed by atoms with E-state index in [9.17, 15) is 0 Å². The highest BCUT2D eigenvalue weighted by Crippen LogP contribution is 2.37. The zero-order valence-electron chi connectivity index (χ0n) is 10.3. The third-order valence-electron chi connectivity index (χ3n) is 3.31. The number of rotatable bonds is 4. The highest BCUT2D eigenvalue weighted by Gasteiger charge is 2.39. The molecule has 2 aliphatic rings. The van der Waals surface area contributed by atoms with Crippen LogP contribution in [0.25, 0.3) is 0 Å². The van der Waals surface area contributed by atoms with Crippen molar-refractivity contribution in [1.82, 2.24) is 0 Å². The van der Waals surface area contributed by atoms with Gasteiger partial charge >= 0.3 is 0 Å². The van der Waals surface area contributed by atoms with E-state index in [1.165, 1.54) is 0 Å². The highest BCUT2D eigenvalue weighted by molar-refractivity contribution is 5.34. The van der Waals surface area contributed by atoms with Crippen LogP contribution in [0.1, 0.15) is 25.7 Å². The lowest BCUT2D eigenvalue weighted by molar-refractivity contribution is -0.120. The molecule has 0 amide bonds. The van der Waals surface area contributed by atoms with Crippen molar-refractivity contribution < 1.29 is 9.47 Å². The van der Waals surface area contributed by atoms with Gasteiger partial charge in [0.1, 0.15) is 17.7 Å². The van der Waals surface area contributed by atoms with Crippen molar-refractivity contribution in [2.75, 3.05) is 13.2 Å². The first-order valence-electron chi connectivity index (χ1n) is 6.26. The normalized spacial score (nSPS) is 23.8. The molecule has 0 saturated carbocycles. The first-order chi connectivity index (χ1) is 8.78. The van der Waals surface area contributed by atoms with E-state index in [-0.39, 0.29) is 5.57 Å². The van der Waals surface area contributed by atoms with E-state index in [0.29, 0.717) is 19.1 Å². The quantitative estimate of drug-likeness (QED) is 0.433. The Morgan fingerprint density at radius 2 is 2.06 bits per heavy atom. The summed E-state index contributed by atoms with van der Waals surface area (Å²) in [4.78, 5) is 0. The molecule has 1 spiro atoms. The van der Waals surface area contributed by atoms with Crippen LogP contribution in [0.3, 0.4) is 0 Å². The minimum atomic E-state index is -0.453. The van der Waals surface area contributed by atoms with Crippen LogP contribution in [-0.2, 0) is 9.47 Å². The second-order valence-corrected chi connectivity index (χ2v) is 4.60. The van der Waals surface area contributed by atoms with Gasteiger partial charge in [-0.05, 0) is 31.3 Å². The van der Waals surface area contributed by atoms with Gasteiger partial charge in [-0.2, -0.15) is 10.5 Å². The molecule has 0 bridgehead atoms. The molecular weight excluding hydrogens is 228 g/mol. The number of nitrogens with zero attached hydrogens (tertiary/aromatic N) is 2. The first-order valence-corrected chi connectivity index (χ1v) is 6.26. The molecule has 1 fully saturated rings. The molecule has 2 rings (SSSR count). The monoisotopic (exact) mass is 244 g/mol. The Morgan fingerprint density at radius 3 is 2.72 bits per heavy atom. The molecule has 0 aromatic rings. The van der Waals surface area contributed by atoms with Crippen molar-refractivity contribution >= 4 is 0 Å². The molecule has 0 aromatic carbocycles. The first kappa shape index (κ1) is 12.8. The summed E-state index contributed by atoms with van der Waals surface area (Å²) >= 11 is 0. The lowest BCUT2D eigenvalue weighted by atomic mass is 9.99. The van der Waals surface area contributed by atoms with Gasteiger partial charge in [-0.3, -0.25) is 0 Å². The minimum absolute atomic E-state index is 0.205. The van der Waals surface area contributed by atoms with E-state index < -0.39 is 5.79 Å². The maximum absolute atomic E-state index is 8.59. The average Bonchev–Trinajstić information content (AvgIpc) is 3.01. The predicted octanol–water partition coefficient (Wildman–Crippen LogP) is 2.45. The van der Waals surface area contributed by atoms with Crippen LogP contribution >= 0.6 is 0 Å². The zero-order valence-corrected chi connectivity index (χ0v) is 10.3. The molecule has 0 radical (unpaired) electrons. The molecule has 18 heavy (non-hydrogen) atoms. The van der Waals surface area contributed by atoms with Gasteiger partial charge in [0.2, 0.25) is 0 Å². The Labute approximate surface area is 107 Å². The fourth-order valence-corrected chi connectivity index (χ4v) is 2.41. The molecule has 0 aromatic heterocycles. The van der Waals surface area contributed by atoms with Gasteiger partial charge in [0.05, 0.1) is 13.2 Å². The smallest absolute Gasteiger partial charge is 0.188 e. The zero-order chi connectivity index (χ0) is 12.8. The molecule has 4 nitrogen and oxygen atoms in total. The number of allylic oxidation sites excluding steroid dienone is 3. The average molecular weight is 244 g/mol. The third kappa shape index (κ3) is 2.98. The summed E-state index contributed by atoms with van der Waals surface area (Å²) in [5, 5.41) is 17.2. The van der Waals surface area contributed by atoms with E-state index in [1.54, 1.807) is 6.08 Å². The highest BCUT2D eigenvalue weighted by atomic mass is 16.7. The Balaban J connectivity index is 1.71. The van der Waals surface area contributed by atoms with Gasteiger partial charge < -0.3 is 9.47 Å². The predicted molar refractivity (Wildman–Crippen MR) is 65.0 cm³/mol. The van der Waals surface area contributed by atoms with Gasteiger partial charge in [-0.15, -0.1) is 0 Å². The van der Waals surface area contributed by atoms with Crippen LogP contribution in [0.5, 0.6) is 0 Å². The second kappa shape index (κ2) is 5.82. The molecule has 1 aliphatic heterocycles. The Kier molecular flexibility index (Phi) is 4.15. The molecular formula is C14H16N2O2. The number of hydrogen-bond acceptors (Lipinski definition) is 4. The number of hydrogen-bond donors (Lipinski definition) is 0. The molecule has 1 aliphatic carbocycles. The Hall–Kier alpha value is -1.62. The van der Waals surface area contributed by atoms with E-state index >= 15 is 0 Å². The van der Waals surface area contributed by atoms with Gasteiger partial charge in [-0.25, -0.2) is 0 Å². The molecule has 94 valence electrons. The lowest BCUT2D eigenvalue weighted by Gasteiger charge is -2.20. The summed E-state index contributed by atoms with van der Waals surface area (Å²) in [5.41, 5.74) is 0.205. The Morgan fingerprint density at radius 1 is 1.33 bits per heavy atom. The van der Waals surface area contributed by atoms with Crippen LogP contribution in [0.15, 0.2) is 23.8 Å². The number of nitriles is 2. The van der Waals surface area contributed by atoms with Crippen molar-refractivity contribution in [3.63, 3.8) is 0 Å². The number of ether oxygens (including phenoxy) is 2. The maximum Gasteiger partial charge on any atom is 0.188 e. The van der Waals surface area contributed by atoms with Gasteiger partial charge in [-0.1, -0.05) is 12.2 Å². The van der Waals surface area contributed by atoms with Crippen LogP contribution in [0.4, 0.5) is 0 Å². The summed E-state index contributed by atoms with van der Waals surface area (Å²) in [6.07, 6.45) is 9.55. The van der Waals surface area contributed by atoms with Crippen molar-refractivity contribution in [2.24, 2.45) is 5.92 Å². The summed E-state index contributed by atoms with van der Waals surface area (Å²) < 4.78 is 11.2. The second-order valence-electron chi connectivity index (χ2n) is 4.60. The molecule has 4 heteroatoms. The summed E-state index contributed by atoms with van der Waals surface area (Å²) in [6.45, 7) is 1.35. The largest absolute Gasteiger partial charge is 0.344 e. The summed E-state index contributed by atoms with van der Waals surface area (Å²) in [5.74, 6) is 0.0226. The van der Waals surface area contributed by atoms with Gasteiger partial charge in [0.25, 0.3) is 0 Å². The van der Waals surface area contributed by atoms with Gasteiger partial charge in [0, 0.05) is 6.42 Å². The standard InChI is InChI=1S/C14H16N2O2/c15-10-13(11-16)4-2-1-3-12-5-6-14(9-12)17-7-8-18-14/h4-6,12H,1-3,7-9H2. The van der Waals surface area contributed by atoms with Crippen molar-refractivity contribution in [1.29, 1.82) is 10.5 Å². The van der Waals surface area contributed by atoms with E-state index in [0.717, 1.165) is 25.7 Å². The topological polar surface area (TPSA) is 66.0 Å². The summed E-state index contributed by atoms with van der Waals surface area (Å²) in [6, 6.07) is 3.73. The fraction of sp³-hybridized carbons (Fsp3) is 0.571. The van der Waals surface area contributed by atoms with Crippen molar-refractivity contribution in [3.8, 4) is 12.1 Å². The van der Waals surface area contributed by atoms with Crippen molar-refractivity contribution in [3.05, 3.63) is 23.8 Å². The molecule has 1 atom stereocenters.